The van der Waals surface area contributed by atoms with Crippen LogP contribution < -0.4 is 10.1 Å². The summed E-state index contributed by atoms with van der Waals surface area (Å²) in [5.74, 6) is -0.972. The number of nitrogens with zero attached hydrogens (tertiary/aromatic N) is 2. The molecule has 1 aromatic heterocycles. The van der Waals surface area contributed by atoms with E-state index in [4.69, 9.17) is 16.3 Å². The van der Waals surface area contributed by atoms with Gasteiger partial charge in [0.15, 0.2) is 11.6 Å². The van der Waals surface area contributed by atoms with E-state index >= 15 is 0 Å². The number of halogens is 2. The van der Waals surface area contributed by atoms with Gasteiger partial charge in [-0.25, -0.2) is 14.4 Å². The molecule has 7 heteroatoms. The molecule has 0 aliphatic heterocycles. The molecule has 0 atom stereocenters. The number of rotatable bonds is 3. The molecule has 0 saturated heterocycles. The van der Waals surface area contributed by atoms with Crippen molar-refractivity contribution in [2.75, 3.05) is 12.4 Å². The average molecular weight is 282 g/mol. The molecule has 5 nitrogen and oxygen atoms in total. The molecule has 0 unspecified atom stereocenters. The van der Waals surface area contributed by atoms with Gasteiger partial charge >= 0.3 is 0 Å². The fourth-order valence-electron chi connectivity index (χ4n) is 1.37. The van der Waals surface area contributed by atoms with Crippen molar-refractivity contribution in [2.24, 2.45) is 0 Å². The van der Waals surface area contributed by atoms with Crippen molar-refractivity contribution >= 4 is 23.2 Å². The van der Waals surface area contributed by atoms with Gasteiger partial charge in [0.25, 0.3) is 5.91 Å². The zero-order valence-corrected chi connectivity index (χ0v) is 10.6. The fourth-order valence-corrected chi connectivity index (χ4v) is 1.47. The molecule has 0 spiro atoms. The van der Waals surface area contributed by atoms with Gasteiger partial charge in [-0.1, -0.05) is 11.6 Å². The number of ether oxygens (including phenoxy) is 1. The number of carbonyl (C=O) groups excluding carboxylic acids is 1. The number of anilines is 1. The Morgan fingerprint density at radius 2 is 2.16 bits per heavy atom. The molecular weight excluding hydrogens is 273 g/mol. The summed E-state index contributed by atoms with van der Waals surface area (Å²) in [6.07, 6.45) is 2.49. The highest BCUT2D eigenvalue weighted by molar-refractivity contribution is 6.29. The van der Waals surface area contributed by atoms with Crippen molar-refractivity contribution in [3.8, 4) is 5.75 Å². The lowest BCUT2D eigenvalue weighted by atomic mass is 10.2. The summed E-state index contributed by atoms with van der Waals surface area (Å²) in [5.41, 5.74) is 0.376. The lowest BCUT2D eigenvalue weighted by Crippen LogP contribution is -2.14. The highest BCUT2D eigenvalue weighted by atomic mass is 35.5. The van der Waals surface area contributed by atoms with Gasteiger partial charge in [0.2, 0.25) is 0 Å². The third-order valence-electron chi connectivity index (χ3n) is 2.26. The van der Waals surface area contributed by atoms with Crippen molar-refractivity contribution < 1.29 is 13.9 Å². The number of aromatic nitrogens is 2. The number of nitrogens with one attached hydrogen (secondary N) is 1. The van der Waals surface area contributed by atoms with Crippen LogP contribution in [0.15, 0.2) is 30.6 Å². The number of methoxy groups -OCH3 is 1. The van der Waals surface area contributed by atoms with Crippen LogP contribution in [0.25, 0.3) is 0 Å². The maximum atomic E-state index is 13.4. The molecule has 2 rings (SSSR count). The molecule has 0 aliphatic rings. The highest BCUT2D eigenvalue weighted by Gasteiger charge is 2.10. The summed E-state index contributed by atoms with van der Waals surface area (Å²) in [6.45, 7) is 0. The lowest BCUT2D eigenvalue weighted by Gasteiger charge is -2.06. The molecule has 0 saturated carbocycles. The number of hydrogen-bond acceptors (Lipinski definition) is 4. The van der Waals surface area contributed by atoms with E-state index < -0.39 is 11.7 Å². The van der Waals surface area contributed by atoms with Crippen LogP contribution in [0.1, 0.15) is 10.5 Å². The SMILES string of the molecule is COc1ccc(NC(=O)c2cnc(Cl)cn2)cc1F. The van der Waals surface area contributed by atoms with Crippen molar-refractivity contribution in [2.45, 2.75) is 0 Å². The summed E-state index contributed by atoms with van der Waals surface area (Å²) in [7, 11) is 1.36. The molecule has 0 fully saturated rings. The minimum Gasteiger partial charge on any atom is -0.494 e. The first kappa shape index (κ1) is 13.2. The number of amides is 1. The second-order valence-corrected chi connectivity index (χ2v) is 3.92. The standard InChI is InChI=1S/C12H9ClFN3O2/c1-19-10-3-2-7(4-8(10)14)17-12(18)9-5-16-11(13)6-15-9/h2-6H,1H3,(H,17,18). The van der Waals surface area contributed by atoms with E-state index in [0.29, 0.717) is 5.69 Å². The van der Waals surface area contributed by atoms with Crippen LogP contribution in [0.3, 0.4) is 0 Å². The Morgan fingerprint density at radius 3 is 2.74 bits per heavy atom. The van der Waals surface area contributed by atoms with Crippen molar-refractivity contribution in [3.63, 3.8) is 0 Å². The van der Waals surface area contributed by atoms with Crippen LogP contribution in [0.5, 0.6) is 5.75 Å². The van der Waals surface area contributed by atoms with Gasteiger partial charge in [-0.3, -0.25) is 4.79 Å². The van der Waals surface area contributed by atoms with E-state index in [9.17, 15) is 9.18 Å². The fraction of sp³-hybridized carbons (Fsp3) is 0.0833. The number of carbonyl (C=O) groups is 1. The van der Waals surface area contributed by atoms with Crippen molar-refractivity contribution in [1.29, 1.82) is 0 Å². The first-order valence-corrected chi connectivity index (χ1v) is 5.60. The molecule has 0 aliphatic carbocycles. The van der Waals surface area contributed by atoms with Crippen molar-refractivity contribution in [3.05, 3.63) is 47.3 Å². The van der Waals surface area contributed by atoms with Gasteiger partial charge in [0, 0.05) is 11.8 Å². The first-order chi connectivity index (χ1) is 9.10. The highest BCUT2D eigenvalue weighted by Crippen LogP contribution is 2.20. The van der Waals surface area contributed by atoms with Gasteiger partial charge in [0.05, 0.1) is 19.5 Å². The normalized spacial score (nSPS) is 10.1. The molecule has 1 amide bonds. The van der Waals surface area contributed by atoms with E-state index in [1.165, 1.54) is 31.6 Å². The zero-order valence-electron chi connectivity index (χ0n) is 9.85. The van der Waals surface area contributed by atoms with Crippen LogP contribution in [0.4, 0.5) is 10.1 Å². The minimum atomic E-state index is -0.567. The molecular formula is C12H9ClFN3O2. The number of hydrogen-bond donors (Lipinski definition) is 1. The molecule has 19 heavy (non-hydrogen) atoms. The van der Waals surface area contributed by atoms with Gasteiger partial charge in [-0.2, -0.15) is 0 Å². The maximum Gasteiger partial charge on any atom is 0.275 e. The van der Waals surface area contributed by atoms with Crippen molar-refractivity contribution in [1.82, 2.24) is 9.97 Å². The smallest absolute Gasteiger partial charge is 0.275 e. The molecule has 1 heterocycles. The van der Waals surface area contributed by atoms with E-state index in [2.05, 4.69) is 15.3 Å². The largest absolute Gasteiger partial charge is 0.494 e. The Hall–Kier alpha value is -2.21. The summed E-state index contributed by atoms with van der Waals surface area (Å²) in [6, 6.07) is 4.09. The van der Waals surface area contributed by atoms with Crippen LogP contribution in [0.2, 0.25) is 5.15 Å². The molecule has 0 radical (unpaired) electrons. The Balaban J connectivity index is 2.14. The van der Waals surface area contributed by atoms with Gasteiger partial charge in [-0.15, -0.1) is 0 Å². The summed E-state index contributed by atoms with van der Waals surface area (Å²) >= 11 is 5.56. The Bertz CT molecular complexity index is 604. The first-order valence-electron chi connectivity index (χ1n) is 5.22. The average Bonchev–Trinajstić information content (AvgIpc) is 2.39. The van der Waals surface area contributed by atoms with Crippen LogP contribution in [-0.2, 0) is 0 Å². The summed E-state index contributed by atoms with van der Waals surface area (Å²) in [5, 5.41) is 2.68. The molecule has 0 bridgehead atoms. The zero-order chi connectivity index (χ0) is 13.8. The predicted octanol–water partition coefficient (Wildman–Crippen LogP) is 2.53. The van der Waals surface area contributed by atoms with Crippen LogP contribution >= 0.6 is 11.6 Å². The minimum absolute atomic E-state index is 0.0839. The molecule has 1 aromatic carbocycles. The Kier molecular flexibility index (Phi) is 3.91. The van der Waals surface area contributed by atoms with Crippen LogP contribution in [0, 0.1) is 5.82 Å². The van der Waals surface area contributed by atoms with Crippen LogP contribution in [-0.4, -0.2) is 23.0 Å². The monoisotopic (exact) mass is 281 g/mol. The number of benzene rings is 1. The molecule has 98 valence electrons. The van der Waals surface area contributed by atoms with E-state index in [1.54, 1.807) is 0 Å². The van der Waals surface area contributed by atoms with E-state index in [-0.39, 0.29) is 16.6 Å². The topological polar surface area (TPSA) is 64.1 Å². The maximum absolute atomic E-state index is 13.4. The second-order valence-electron chi connectivity index (χ2n) is 3.53. The third-order valence-corrected chi connectivity index (χ3v) is 2.46. The second kappa shape index (κ2) is 5.62. The van der Waals surface area contributed by atoms with E-state index in [1.807, 2.05) is 0 Å². The molecule has 2 aromatic rings. The van der Waals surface area contributed by atoms with Gasteiger partial charge in [0.1, 0.15) is 10.8 Å². The lowest BCUT2D eigenvalue weighted by molar-refractivity contribution is 0.102. The predicted molar refractivity (Wildman–Crippen MR) is 67.9 cm³/mol. The Morgan fingerprint density at radius 1 is 1.37 bits per heavy atom. The summed E-state index contributed by atoms with van der Waals surface area (Å²) in [4.78, 5) is 19.3. The quantitative estimate of drug-likeness (QED) is 0.939. The Labute approximate surface area is 113 Å². The summed E-state index contributed by atoms with van der Waals surface area (Å²) < 4.78 is 18.2. The molecule has 1 N–H and O–H groups in total. The van der Waals surface area contributed by atoms with Gasteiger partial charge < -0.3 is 10.1 Å². The van der Waals surface area contributed by atoms with Gasteiger partial charge in [-0.05, 0) is 12.1 Å². The van der Waals surface area contributed by atoms with E-state index in [0.717, 1.165) is 6.07 Å². The third kappa shape index (κ3) is 3.17.